The number of rotatable bonds is 5. The van der Waals surface area contributed by atoms with Crippen LogP contribution in [0.3, 0.4) is 0 Å². The van der Waals surface area contributed by atoms with Gasteiger partial charge in [-0.15, -0.1) is 0 Å². The summed E-state index contributed by atoms with van der Waals surface area (Å²) in [4.78, 5) is 14.7. The van der Waals surface area contributed by atoms with E-state index in [1.807, 2.05) is 0 Å². The average molecular weight is 440 g/mol. The van der Waals surface area contributed by atoms with Crippen molar-refractivity contribution < 1.29 is 35.5 Å². The molecule has 0 aliphatic carbocycles. The highest BCUT2D eigenvalue weighted by molar-refractivity contribution is 7.92. The third-order valence-electron chi connectivity index (χ3n) is 3.76. The van der Waals surface area contributed by atoms with Gasteiger partial charge in [-0.05, 0) is 54.6 Å². The van der Waals surface area contributed by atoms with Gasteiger partial charge in [0.15, 0.2) is 0 Å². The smallest absolute Gasteiger partial charge is 0.456 e. The number of anilines is 1. The molecule has 0 unspecified atom stereocenters. The van der Waals surface area contributed by atoms with E-state index < -0.39 is 37.7 Å². The summed E-state index contributed by atoms with van der Waals surface area (Å²) < 4.78 is 80.6. The zero-order valence-electron chi connectivity index (χ0n) is 14.9. The van der Waals surface area contributed by atoms with Crippen LogP contribution in [0.4, 0.5) is 23.2 Å². The Morgan fingerprint density at radius 1 is 1.03 bits per heavy atom. The zero-order valence-corrected chi connectivity index (χ0v) is 15.7. The SMILES string of the molecule is O=C(Nc1cccnc1)c1ccc(Oc2ccc(F)cc2S(=O)(=O)C(F)(F)F)cc1. The van der Waals surface area contributed by atoms with Gasteiger partial charge in [0.25, 0.3) is 15.7 Å². The number of nitrogens with zero attached hydrogens (tertiary/aromatic N) is 1. The number of sulfone groups is 1. The van der Waals surface area contributed by atoms with Gasteiger partial charge in [0, 0.05) is 11.8 Å². The van der Waals surface area contributed by atoms with Crippen molar-refractivity contribution in [3.8, 4) is 11.5 Å². The van der Waals surface area contributed by atoms with Gasteiger partial charge in [-0.25, -0.2) is 12.8 Å². The third-order valence-corrected chi connectivity index (χ3v) is 5.27. The average Bonchev–Trinajstić information content (AvgIpc) is 2.69. The first kappa shape index (κ1) is 21.2. The van der Waals surface area contributed by atoms with E-state index in [1.54, 1.807) is 12.1 Å². The largest absolute Gasteiger partial charge is 0.502 e. The summed E-state index contributed by atoms with van der Waals surface area (Å²) in [5.74, 6) is -2.41. The van der Waals surface area contributed by atoms with E-state index in [0.29, 0.717) is 5.69 Å². The lowest BCUT2D eigenvalue weighted by Gasteiger charge is -2.14. The lowest BCUT2D eigenvalue weighted by atomic mass is 10.2. The summed E-state index contributed by atoms with van der Waals surface area (Å²) in [6.07, 6.45) is 2.97. The molecule has 0 aliphatic heterocycles. The van der Waals surface area contributed by atoms with E-state index in [2.05, 4.69) is 10.3 Å². The second-order valence-corrected chi connectivity index (χ2v) is 7.77. The van der Waals surface area contributed by atoms with Crippen LogP contribution < -0.4 is 10.1 Å². The minimum atomic E-state index is -5.84. The number of carbonyl (C=O) groups is 1. The van der Waals surface area contributed by atoms with Gasteiger partial charge in [-0.1, -0.05) is 0 Å². The first-order valence-corrected chi connectivity index (χ1v) is 9.66. The highest BCUT2D eigenvalue weighted by Gasteiger charge is 2.48. The molecule has 1 aromatic heterocycles. The molecule has 1 N–H and O–H groups in total. The predicted octanol–water partition coefficient (Wildman–Crippen LogP) is 4.56. The molecule has 156 valence electrons. The van der Waals surface area contributed by atoms with Crippen molar-refractivity contribution in [3.05, 3.63) is 78.4 Å². The van der Waals surface area contributed by atoms with Crippen molar-refractivity contribution in [2.24, 2.45) is 0 Å². The number of aromatic nitrogens is 1. The molecule has 1 amide bonds. The standard InChI is InChI=1S/C19H12F4N2O4S/c20-13-5-8-16(17(10-13)30(27,28)19(21,22)23)29-15-6-3-12(4-7-15)18(26)25-14-2-1-9-24-11-14/h1-11H,(H,25,26). The van der Waals surface area contributed by atoms with Crippen molar-refractivity contribution in [2.45, 2.75) is 10.4 Å². The molecule has 0 saturated carbocycles. The summed E-state index contributed by atoms with van der Waals surface area (Å²) in [7, 11) is -5.84. The van der Waals surface area contributed by atoms with Crippen LogP contribution in [0.1, 0.15) is 10.4 Å². The van der Waals surface area contributed by atoms with Gasteiger partial charge in [0.05, 0.1) is 11.9 Å². The number of hydrogen-bond donors (Lipinski definition) is 1. The van der Waals surface area contributed by atoms with Crippen LogP contribution >= 0.6 is 0 Å². The molecule has 0 bridgehead atoms. The Kier molecular flexibility index (Phi) is 5.74. The number of pyridine rings is 1. The van der Waals surface area contributed by atoms with Crippen LogP contribution in [0, 0.1) is 5.82 Å². The lowest BCUT2D eigenvalue weighted by molar-refractivity contribution is -0.0437. The number of nitrogens with one attached hydrogen (secondary N) is 1. The number of carbonyl (C=O) groups excluding carboxylic acids is 1. The van der Waals surface area contributed by atoms with Crippen LogP contribution in [0.5, 0.6) is 11.5 Å². The fraction of sp³-hybridized carbons (Fsp3) is 0.0526. The van der Waals surface area contributed by atoms with E-state index in [0.717, 1.165) is 12.1 Å². The normalized spacial score (nSPS) is 11.7. The summed E-state index contributed by atoms with van der Waals surface area (Å²) in [6, 6.07) is 10.2. The molecular weight excluding hydrogens is 428 g/mol. The number of halogens is 4. The Balaban J connectivity index is 1.83. The first-order chi connectivity index (χ1) is 14.1. The zero-order chi connectivity index (χ0) is 21.9. The summed E-state index contributed by atoms with van der Waals surface area (Å²) in [5.41, 5.74) is -4.97. The van der Waals surface area contributed by atoms with Crippen molar-refractivity contribution in [1.82, 2.24) is 4.98 Å². The number of alkyl halides is 3. The molecule has 11 heteroatoms. The summed E-state index contributed by atoms with van der Waals surface area (Å²) in [5, 5.41) is 2.59. The molecule has 3 aromatic rings. The summed E-state index contributed by atoms with van der Waals surface area (Å²) >= 11 is 0. The Hall–Kier alpha value is -3.47. The van der Waals surface area contributed by atoms with E-state index in [9.17, 15) is 30.8 Å². The molecule has 0 fully saturated rings. The number of hydrogen-bond acceptors (Lipinski definition) is 5. The van der Waals surface area contributed by atoms with Crippen molar-refractivity contribution in [1.29, 1.82) is 0 Å². The second-order valence-electron chi connectivity index (χ2n) is 5.86. The minimum absolute atomic E-state index is 0.0573. The topological polar surface area (TPSA) is 85.4 Å². The molecule has 2 aromatic carbocycles. The van der Waals surface area contributed by atoms with Crippen LogP contribution in [0.15, 0.2) is 71.9 Å². The minimum Gasteiger partial charge on any atom is -0.456 e. The van der Waals surface area contributed by atoms with E-state index in [1.165, 1.54) is 36.7 Å². The number of amides is 1. The van der Waals surface area contributed by atoms with Gasteiger partial charge >= 0.3 is 5.51 Å². The molecule has 0 atom stereocenters. The molecule has 0 radical (unpaired) electrons. The maximum Gasteiger partial charge on any atom is 0.502 e. The molecule has 0 aliphatic rings. The second kappa shape index (κ2) is 8.11. The molecule has 6 nitrogen and oxygen atoms in total. The van der Waals surface area contributed by atoms with E-state index in [-0.39, 0.29) is 17.4 Å². The Bertz CT molecular complexity index is 1170. The fourth-order valence-electron chi connectivity index (χ4n) is 2.34. The highest BCUT2D eigenvalue weighted by atomic mass is 32.2. The van der Waals surface area contributed by atoms with Gasteiger partial charge in [0.2, 0.25) is 0 Å². The molecule has 1 heterocycles. The van der Waals surface area contributed by atoms with Gasteiger partial charge in [-0.2, -0.15) is 13.2 Å². The fourth-order valence-corrected chi connectivity index (χ4v) is 3.23. The third kappa shape index (κ3) is 4.57. The van der Waals surface area contributed by atoms with Crippen molar-refractivity contribution in [2.75, 3.05) is 5.32 Å². The molecule has 0 spiro atoms. The maximum absolute atomic E-state index is 13.4. The van der Waals surface area contributed by atoms with Crippen molar-refractivity contribution >= 4 is 21.4 Å². The molecule has 0 saturated heterocycles. The Morgan fingerprint density at radius 3 is 2.33 bits per heavy atom. The van der Waals surface area contributed by atoms with Crippen molar-refractivity contribution in [3.63, 3.8) is 0 Å². The highest BCUT2D eigenvalue weighted by Crippen LogP contribution is 2.37. The van der Waals surface area contributed by atoms with Gasteiger partial charge in [-0.3, -0.25) is 9.78 Å². The number of benzene rings is 2. The van der Waals surface area contributed by atoms with Crippen LogP contribution in [0.25, 0.3) is 0 Å². The quantitative estimate of drug-likeness (QED) is 0.588. The lowest BCUT2D eigenvalue weighted by Crippen LogP contribution is -2.23. The van der Waals surface area contributed by atoms with Crippen LogP contribution in [-0.2, 0) is 9.84 Å². The molecule has 30 heavy (non-hydrogen) atoms. The predicted molar refractivity (Wildman–Crippen MR) is 98.3 cm³/mol. The van der Waals surface area contributed by atoms with Crippen LogP contribution in [0.2, 0.25) is 0 Å². The Morgan fingerprint density at radius 2 is 1.73 bits per heavy atom. The van der Waals surface area contributed by atoms with E-state index >= 15 is 0 Å². The molecule has 3 rings (SSSR count). The Labute approximate surface area is 168 Å². The number of ether oxygens (including phenoxy) is 1. The van der Waals surface area contributed by atoms with Crippen LogP contribution in [-0.4, -0.2) is 24.8 Å². The summed E-state index contributed by atoms with van der Waals surface area (Å²) in [6.45, 7) is 0. The van der Waals surface area contributed by atoms with E-state index in [4.69, 9.17) is 4.74 Å². The van der Waals surface area contributed by atoms with Gasteiger partial charge < -0.3 is 10.1 Å². The molecular formula is C19H12F4N2O4S. The maximum atomic E-state index is 13.4. The first-order valence-electron chi connectivity index (χ1n) is 8.18. The monoisotopic (exact) mass is 440 g/mol. The van der Waals surface area contributed by atoms with Gasteiger partial charge in [0.1, 0.15) is 22.2 Å².